The van der Waals surface area contributed by atoms with Crippen molar-refractivity contribution in [1.82, 2.24) is 4.98 Å². The standard InChI is InChI=1S/C19H23F2N5O/c1-11(22)18(12-3-2-4-12)25-17-8-14(5-6-16(17)20)26(21)15-7-13(19(23)27)9-24-10-15/h5-12,18,25H,2-4,22H2,1H3,(H2,23,27)/t11-,18-/m0/s1. The molecule has 1 aromatic heterocycles. The van der Waals surface area contributed by atoms with Gasteiger partial charge in [-0.1, -0.05) is 10.9 Å². The highest BCUT2D eigenvalue weighted by Crippen LogP contribution is 2.34. The van der Waals surface area contributed by atoms with Gasteiger partial charge in [0.25, 0.3) is 0 Å². The van der Waals surface area contributed by atoms with Crippen molar-refractivity contribution in [2.75, 3.05) is 10.4 Å². The van der Waals surface area contributed by atoms with Gasteiger partial charge in [0.1, 0.15) is 5.82 Å². The monoisotopic (exact) mass is 375 g/mol. The molecule has 0 unspecified atom stereocenters. The van der Waals surface area contributed by atoms with Crippen molar-refractivity contribution in [3.63, 3.8) is 0 Å². The Hall–Kier alpha value is -2.74. The number of halogens is 2. The number of anilines is 3. The zero-order valence-corrected chi connectivity index (χ0v) is 15.0. The van der Waals surface area contributed by atoms with E-state index in [-0.39, 0.29) is 34.7 Å². The van der Waals surface area contributed by atoms with E-state index in [9.17, 15) is 13.7 Å². The van der Waals surface area contributed by atoms with Gasteiger partial charge in [0.2, 0.25) is 5.91 Å². The molecular weight excluding hydrogens is 352 g/mol. The van der Waals surface area contributed by atoms with Crippen LogP contribution in [0.5, 0.6) is 0 Å². The second-order valence-electron chi connectivity index (χ2n) is 6.96. The Morgan fingerprint density at radius 2 is 2.04 bits per heavy atom. The number of benzene rings is 1. The maximum Gasteiger partial charge on any atom is 0.250 e. The number of nitrogens with zero attached hydrogens (tertiary/aromatic N) is 2. The smallest absolute Gasteiger partial charge is 0.250 e. The fraction of sp³-hybridized carbons (Fsp3) is 0.368. The molecule has 1 heterocycles. The molecule has 0 spiro atoms. The number of amides is 1. The van der Waals surface area contributed by atoms with Crippen molar-refractivity contribution in [3.8, 4) is 0 Å². The summed E-state index contributed by atoms with van der Waals surface area (Å²) in [5.41, 5.74) is 11.6. The first kappa shape index (κ1) is 19.0. The van der Waals surface area contributed by atoms with Crippen LogP contribution in [0.3, 0.4) is 0 Å². The number of carbonyl (C=O) groups is 1. The third-order valence-electron chi connectivity index (χ3n) is 4.96. The molecule has 1 saturated carbocycles. The number of primary amides is 1. The molecule has 0 bridgehead atoms. The van der Waals surface area contributed by atoms with E-state index in [4.69, 9.17) is 11.5 Å². The molecule has 0 radical (unpaired) electrons. The number of aromatic nitrogens is 1. The van der Waals surface area contributed by atoms with Crippen LogP contribution in [0.4, 0.5) is 25.9 Å². The Balaban J connectivity index is 1.86. The van der Waals surface area contributed by atoms with Gasteiger partial charge in [-0.2, -0.15) is 5.12 Å². The Kier molecular flexibility index (Phi) is 5.55. The SMILES string of the molecule is C[C@H](N)[C@H](Nc1cc(N(F)c2cncc(C(N)=O)c2)ccc1F)C1CCC1. The number of nitrogens with two attached hydrogens (primary N) is 2. The minimum Gasteiger partial charge on any atom is -0.378 e. The number of carbonyl (C=O) groups excluding carboxylic acids is 1. The van der Waals surface area contributed by atoms with Crippen LogP contribution in [0, 0.1) is 11.7 Å². The van der Waals surface area contributed by atoms with Gasteiger partial charge in [0.15, 0.2) is 0 Å². The maximum absolute atomic E-state index is 14.8. The van der Waals surface area contributed by atoms with Gasteiger partial charge in [0.05, 0.1) is 28.8 Å². The molecule has 1 amide bonds. The summed E-state index contributed by atoms with van der Waals surface area (Å²) in [7, 11) is 0. The van der Waals surface area contributed by atoms with Crippen molar-refractivity contribution >= 4 is 23.0 Å². The summed E-state index contributed by atoms with van der Waals surface area (Å²) >= 11 is 0. The first-order chi connectivity index (χ1) is 12.9. The molecule has 1 aliphatic carbocycles. The van der Waals surface area contributed by atoms with E-state index in [0.29, 0.717) is 11.0 Å². The lowest BCUT2D eigenvalue weighted by molar-refractivity contribution is 0.1000. The zero-order chi connectivity index (χ0) is 19.6. The van der Waals surface area contributed by atoms with Gasteiger partial charge in [-0.3, -0.25) is 9.78 Å². The summed E-state index contributed by atoms with van der Waals surface area (Å²) in [5, 5.41) is 3.47. The number of hydrogen-bond acceptors (Lipinski definition) is 5. The summed E-state index contributed by atoms with van der Waals surface area (Å²) in [5.74, 6) is -0.813. The van der Waals surface area contributed by atoms with E-state index >= 15 is 0 Å². The van der Waals surface area contributed by atoms with Gasteiger partial charge < -0.3 is 16.8 Å². The van der Waals surface area contributed by atoms with Crippen LogP contribution in [0.1, 0.15) is 36.5 Å². The molecule has 3 rings (SSSR count). The largest absolute Gasteiger partial charge is 0.378 e. The average Bonchev–Trinajstić information content (AvgIpc) is 2.60. The van der Waals surface area contributed by atoms with Crippen LogP contribution in [0.2, 0.25) is 0 Å². The highest BCUT2D eigenvalue weighted by atomic mass is 19.2. The number of hydrogen-bond donors (Lipinski definition) is 3. The number of rotatable bonds is 7. The molecule has 0 aliphatic heterocycles. The highest BCUT2D eigenvalue weighted by molar-refractivity contribution is 5.93. The molecule has 2 atom stereocenters. The predicted molar refractivity (Wildman–Crippen MR) is 101 cm³/mol. The van der Waals surface area contributed by atoms with Crippen molar-refractivity contribution < 1.29 is 13.7 Å². The van der Waals surface area contributed by atoms with Crippen molar-refractivity contribution in [3.05, 3.63) is 48.0 Å². The number of pyridine rings is 1. The second kappa shape index (κ2) is 7.87. The van der Waals surface area contributed by atoms with Crippen LogP contribution < -0.4 is 21.9 Å². The van der Waals surface area contributed by atoms with E-state index < -0.39 is 11.7 Å². The minimum atomic E-state index is -0.709. The van der Waals surface area contributed by atoms with E-state index in [1.54, 1.807) is 0 Å². The third-order valence-corrected chi connectivity index (χ3v) is 4.96. The second-order valence-corrected chi connectivity index (χ2v) is 6.96. The van der Waals surface area contributed by atoms with Gasteiger partial charge in [0, 0.05) is 18.3 Å². The Morgan fingerprint density at radius 3 is 2.63 bits per heavy atom. The van der Waals surface area contributed by atoms with Crippen LogP contribution in [-0.2, 0) is 0 Å². The van der Waals surface area contributed by atoms with E-state index in [0.717, 1.165) is 19.3 Å². The molecule has 1 aliphatic rings. The lowest BCUT2D eigenvalue weighted by atomic mass is 9.77. The van der Waals surface area contributed by atoms with Crippen molar-refractivity contribution in [1.29, 1.82) is 0 Å². The Morgan fingerprint density at radius 1 is 1.30 bits per heavy atom. The van der Waals surface area contributed by atoms with Crippen LogP contribution in [0.25, 0.3) is 0 Å². The van der Waals surface area contributed by atoms with E-state index in [1.165, 1.54) is 36.7 Å². The molecule has 6 nitrogen and oxygen atoms in total. The van der Waals surface area contributed by atoms with Crippen molar-refractivity contribution in [2.45, 2.75) is 38.3 Å². The summed E-state index contributed by atoms with van der Waals surface area (Å²) in [6.45, 7) is 1.88. The molecule has 2 aromatic rings. The van der Waals surface area contributed by atoms with Crippen LogP contribution in [-0.4, -0.2) is 23.0 Å². The van der Waals surface area contributed by atoms with Crippen molar-refractivity contribution in [2.24, 2.45) is 17.4 Å². The molecule has 27 heavy (non-hydrogen) atoms. The third kappa shape index (κ3) is 4.16. The summed E-state index contributed by atoms with van der Waals surface area (Å²) in [6.07, 6.45) is 5.73. The molecule has 144 valence electrons. The van der Waals surface area contributed by atoms with Crippen LogP contribution >= 0.6 is 0 Å². The van der Waals surface area contributed by atoms with Crippen LogP contribution in [0.15, 0.2) is 36.7 Å². The molecule has 1 aromatic carbocycles. The van der Waals surface area contributed by atoms with Gasteiger partial charge in [-0.05, 0) is 49.9 Å². The number of nitrogens with one attached hydrogen (secondary N) is 1. The normalized spacial score (nSPS) is 16.3. The molecule has 0 saturated heterocycles. The molecular formula is C19H23F2N5O. The lowest BCUT2D eigenvalue weighted by Gasteiger charge is -2.37. The quantitative estimate of drug-likeness (QED) is 0.645. The topological polar surface area (TPSA) is 97.3 Å². The fourth-order valence-electron chi connectivity index (χ4n) is 3.22. The molecule has 5 N–H and O–H groups in total. The minimum absolute atomic E-state index is 0.0200. The average molecular weight is 375 g/mol. The van der Waals surface area contributed by atoms with E-state index in [1.807, 2.05) is 6.92 Å². The van der Waals surface area contributed by atoms with Gasteiger partial charge >= 0.3 is 0 Å². The molecule has 8 heteroatoms. The van der Waals surface area contributed by atoms with E-state index in [2.05, 4.69) is 10.3 Å². The first-order valence-corrected chi connectivity index (χ1v) is 8.89. The molecule has 1 fully saturated rings. The predicted octanol–water partition coefficient (Wildman–Crippen LogP) is 3.27. The van der Waals surface area contributed by atoms with Gasteiger partial charge in [-0.25, -0.2) is 4.39 Å². The summed E-state index contributed by atoms with van der Waals surface area (Å²) < 4.78 is 29.1. The highest BCUT2D eigenvalue weighted by Gasteiger charge is 2.30. The summed E-state index contributed by atoms with van der Waals surface area (Å²) in [4.78, 5) is 15.1. The summed E-state index contributed by atoms with van der Waals surface area (Å²) in [6, 6.07) is 4.90. The fourth-order valence-corrected chi connectivity index (χ4v) is 3.22. The lowest BCUT2D eigenvalue weighted by Crippen LogP contribution is -2.46. The zero-order valence-electron chi connectivity index (χ0n) is 15.0. The maximum atomic E-state index is 14.8. The Labute approximate surface area is 156 Å². The van der Waals surface area contributed by atoms with Gasteiger partial charge in [-0.15, -0.1) is 0 Å². The Bertz CT molecular complexity index is 825. The first-order valence-electron chi connectivity index (χ1n) is 8.89.